The largest absolute Gasteiger partial charge is 0.239 e. The molecule has 0 N–H and O–H groups in total. The van der Waals surface area contributed by atoms with Crippen LogP contribution in [0, 0.1) is 11.7 Å². The molecule has 0 saturated carbocycles. The third-order valence-electron chi connectivity index (χ3n) is 2.47. The third kappa shape index (κ3) is 2.06. The van der Waals surface area contributed by atoms with E-state index in [9.17, 15) is 8.78 Å². The fourth-order valence-corrected chi connectivity index (χ4v) is 1.13. The molecule has 1 aromatic carbocycles. The van der Waals surface area contributed by atoms with Crippen LogP contribution < -0.4 is 0 Å². The molecule has 2 heteroatoms. The van der Waals surface area contributed by atoms with Crippen LogP contribution in [0.15, 0.2) is 24.3 Å². The number of halogens is 2. The van der Waals surface area contributed by atoms with Crippen LogP contribution >= 0.6 is 0 Å². The summed E-state index contributed by atoms with van der Waals surface area (Å²) < 4.78 is 26.8. The molecule has 72 valence electrons. The molecule has 1 rings (SSSR count). The van der Waals surface area contributed by atoms with Gasteiger partial charge in [-0.05, 0) is 30.5 Å². The van der Waals surface area contributed by atoms with E-state index in [1.807, 2.05) is 0 Å². The van der Waals surface area contributed by atoms with Gasteiger partial charge in [0.2, 0.25) is 0 Å². The van der Waals surface area contributed by atoms with E-state index >= 15 is 0 Å². The quantitative estimate of drug-likeness (QED) is 0.658. The summed E-state index contributed by atoms with van der Waals surface area (Å²) in [5.74, 6) is -0.545. The molecule has 13 heavy (non-hydrogen) atoms. The number of alkyl halides is 1. The van der Waals surface area contributed by atoms with Crippen LogP contribution in [0.3, 0.4) is 0 Å². The summed E-state index contributed by atoms with van der Waals surface area (Å²) in [6, 6.07) is 5.72. The van der Waals surface area contributed by atoms with Gasteiger partial charge in [0.1, 0.15) is 11.5 Å². The second-order valence-electron chi connectivity index (χ2n) is 3.74. The van der Waals surface area contributed by atoms with Crippen LogP contribution in [-0.2, 0) is 5.67 Å². The molecule has 0 heterocycles. The minimum atomic E-state index is -1.46. The Morgan fingerprint density at radius 2 is 1.92 bits per heavy atom. The van der Waals surface area contributed by atoms with Gasteiger partial charge >= 0.3 is 0 Å². The molecule has 0 amide bonds. The zero-order valence-corrected chi connectivity index (χ0v) is 8.14. The maximum atomic E-state index is 14.0. The maximum Gasteiger partial charge on any atom is 0.135 e. The zero-order valence-electron chi connectivity index (χ0n) is 8.14. The van der Waals surface area contributed by atoms with Crippen molar-refractivity contribution in [1.29, 1.82) is 0 Å². The molecule has 0 aliphatic heterocycles. The van der Waals surface area contributed by atoms with E-state index < -0.39 is 5.67 Å². The number of benzene rings is 1. The summed E-state index contributed by atoms with van der Waals surface area (Å²) >= 11 is 0. The Kier molecular flexibility index (Phi) is 2.69. The lowest BCUT2D eigenvalue weighted by molar-refractivity contribution is 0.123. The van der Waals surface area contributed by atoms with Gasteiger partial charge in [0.05, 0.1) is 0 Å². The van der Waals surface area contributed by atoms with Crippen LogP contribution in [-0.4, -0.2) is 0 Å². The van der Waals surface area contributed by atoms with E-state index in [4.69, 9.17) is 0 Å². The first kappa shape index (κ1) is 10.2. The zero-order chi connectivity index (χ0) is 10.1. The molecule has 0 aliphatic rings. The lowest BCUT2D eigenvalue weighted by atomic mass is 9.87. The lowest BCUT2D eigenvalue weighted by Gasteiger charge is -2.25. The van der Waals surface area contributed by atoms with Crippen LogP contribution in [0.1, 0.15) is 26.3 Å². The predicted molar refractivity (Wildman–Crippen MR) is 49.7 cm³/mol. The van der Waals surface area contributed by atoms with Gasteiger partial charge in [-0.15, -0.1) is 0 Å². The van der Waals surface area contributed by atoms with E-state index in [-0.39, 0.29) is 11.7 Å². The Bertz CT molecular complexity index is 290. The highest BCUT2D eigenvalue weighted by Gasteiger charge is 2.29. The molecule has 0 radical (unpaired) electrons. The lowest BCUT2D eigenvalue weighted by Crippen LogP contribution is -2.22. The van der Waals surface area contributed by atoms with E-state index in [1.165, 1.54) is 25.1 Å². The van der Waals surface area contributed by atoms with Crippen molar-refractivity contribution in [2.45, 2.75) is 26.4 Å². The highest BCUT2D eigenvalue weighted by Crippen LogP contribution is 2.33. The molecule has 1 atom stereocenters. The number of hydrogen-bond acceptors (Lipinski definition) is 0. The first-order valence-corrected chi connectivity index (χ1v) is 4.39. The third-order valence-corrected chi connectivity index (χ3v) is 2.47. The van der Waals surface area contributed by atoms with E-state index in [0.29, 0.717) is 5.56 Å². The first-order chi connectivity index (χ1) is 5.94. The Morgan fingerprint density at radius 3 is 2.38 bits per heavy atom. The van der Waals surface area contributed by atoms with Gasteiger partial charge < -0.3 is 0 Å². The minimum Gasteiger partial charge on any atom is -0.239 e. The van der Waals surface area contributed by atoms with Crippen molar-refractivity contribution in [3.8, 4) is 0 Å². The van der Waals surface area contributed by atoms with Crippen molar-refractivity contribution in [2.24, 2.45) is 5.92 Å². The van der Waals surface area contributed by atoms with Crippen LogP contribution in [0.5, 0.6) is 0 Å². The van der Waals surface area contributed by atoms with Crippen molar-refractivity contribution < 1.29 is 8.78 Å². The van der Waals surface area contributed by atoms with Gasteiger partial charge in [-0.3, -0.25) is 0 Å². The van der Waals surface area contributed by atoms with Crippen molar-refractivity contribution in [2.75, 3.05) is 0 Å². The molecular formula is C11H14F2. The second kappa shape index (κ2) is 3.44. The summed E-state index contributed by atoms with van der Waals surface area (Å²) in [6.07, 6.45) is 0. The van der Waals surface area contributed by atoms with Crippen LogP contribution in [0.25, 0.3) is 0 Å². The maximum absolute atomic E-state index is 14.0. The standard InChI is InChI=1S/C11H14F2/c1-8(2)11(3,13)9-5-4-6-10(12)7-9/h4-8H,1-3H3. The Balaban J connectivity index is 3.07. The Labute approximate surface area is 77.6 Å². The molecule has 0 spiro atoms. The van der Waals surface area contributed by atoms with Crippen LogP contribution in [0.4, 0.5) is 8.78 Å². The van der Waals surface area contributed by atoms with Gasteiger partial charge in [-0.25, -0.2) is 8.78 Å². The van der Waals surface area contributed by atoms with Crippen molar-refractivity contribution >= 4 is 0 Å². The number of rotatable bonds is 2. The molecule has 0 fully saturated rings. The number of hydrogen-bond donors (Lipinski definition) is 0. The average Bonchev–Trinajstić information content (AvgIpc) is 2.04. The highest BCUT2D eigenvalue weighted by molar-refractivity contribution is 5.23. The first-order valence-electron chi connectivity index (χ1n) is 4.39. The van der Waals surface area contributed by atoms with Crippen LogP contribution in [0.2, 0.25) is 0 Å². The summed E-state index contributed by atoms with van der Waals surface area (Å²) in [7, 11) is 0. The molecule has 0 saturated heterocycles. The summed E-state index contributed by atoms with van der Waals surface area (Å²) in [6.45, 7) is 5.04. The SMILES string of the molecule is CC(C)C(C)(F)c1cccc(F)c1. The van der Waals surface area contributed by atoms with E-state index in [2.05, 4.69) is 0 Å². The van der Waals surface area contributed by atoms with Gasteiger partial charge in [0.15, 0.2) is 0 Å². The van der Waals surface area contributed by atoms with Gasteiger partial charge in [-0.2, -0.15) is 0 Å². The topological polar surface area (TPSA) is 0 Å². The smallest absolute Gasteiger partial charge is 0.135 e. The molecule has 0 nitrogen and oxygen atoms in total. The molecule has 0 aromatic heterocycles. The van der Waals surface area contributed by atoms with Crippen molar-refractivity contribution in [3.63, 3.8) is 0 Å². The normalized spacial score (nSPS) is 15.8. The molecular weight excluding hydrogens is 170 g/mol. The second-order valence-corrected chi connectivity index (χ2v) is 3.74. The van der Waals surface area contributed by atoms with Gasteiger partial charge in [0, 0.05) is 0 Å². The van der Waals surface area contributed by atoms with E-state index in [0.717, 1.165) is 0 Å². The van der Waals surface area contributed by atoms with Crippen molar-refractivity contribution in [1.82, 2.24) is 0 Å². The average molecular weight is 184 g/mol. The predicted octanol–water partition coefficient (Wildman–Crippen LogP) is 3.67. The summed E-state index contributed by atoms with van der Waals surface area (Å²) in [4.78, 5) is 0. The monoisotopic (exact) mass is 184 g/mol. The fourth-order valence-electron chi connectivity index (χ4n) is 1.13. The van der Waals surface area contributed by atoms with Gasteiger partial charge in [-0.1, -0.05) is 26.0 Å². The Hall–Kier alpha value is -0.920. The molecule has 0 aliphatic carbocycles. The molecule has 1 aromatic rings. The Morgan fingerprint density at radius 1 is 1.31 bits per heavy atom. The molecule has 1 unspecified atom stereocenters. The minimum absolute atomic E-state index is 0.158. The highest BCUT2D eigenvalue weighted by atomic mass is 19.1. The molecule has 0 bridgehead atoms. The van der Waals surface area contributed by atoms with Gasteiger partial charge in [0.25, 0.3) is 0 Å². The summed E-state index contributed by atoms with van der Waals surface area (Å²) in [5, 5.41) is 0. The van der Waals surface area contributed by atoms with E-state index in [1.54, 1.807) is 19.9 Å². The van der Waals surface area contributed by atoms with Crippen molar-refractivity contribution in [3.05, 3.63) is 35.6 Å². The fraction of sp³-hybridized carbons (Fsp3) is 0.455. The summed E-state index contributed by atoms with van der Waals surface area (Å²) in [5.41, 5.74) is -1.05.